The number of aryl methyl sites for hydroxylation is 1. The molecule has 8 heteroatoms. The van der Waals surface area contributed by atoms with Crippen LogP contribution in [-0.2, 0) is 12.2 Å². The summed E-state index contributed by atoms with van der Waals surface area (Å²) in [6.07, 6.45) is 5.62. The predicted molar refractivity (Wildman–Crippen MR) is 68.6 cm³/mol. The van der Waals surface area contributed by atoms with Gasteiger partial charge in [-0.1, -0.05) is 31.5 Å². The van der Waals surface area contributed by atoms with Crippen LogP contribution in [0.3, 0.4) is 0 Å². The Hall–Kier alpha value is -1.44. The molecule has 0 saturated heterocycles. The minimum absolute atomic E-state index is 0.450. The molecule has 1 aliphatic rings. The van der Waals surface area contributed by atoms with Crippen molar-refractivity contribution in [1.29, 1.82) is 0 Å². The Morgan fingerprint density at radius 3 is 2.74 bits per heavy atom. The first-order valence-electron chi connectivity index (χ1n) is 6.58. The molecule has 0 aromatic carbocycles. The first kappa shape index (κ1) is 12.6. The molecule has 0 amide bonds. The van der Waals surface area contributed by atoms with Gasteiger partial charge in [0.15, 0.2) is 0 Å². The molecular weight excluding hydrogens is 264 g/mol. The maximum atomic E-state index is 5.48. The molecule has 2 heterocycles. The molecule has 102 valence electrons. The summed E-state index contributed by atoms with van der Waals surface area (Å²) in [5, 5.41) is 20.7. The molecule has 0 spiro atoms. The van der Waals surface area contributed by atoms with Crippen LogP contribution >= 0.6 is 11.8 Å². The van der Waals surface area contributed by atoms with E-state index in [0.717, 1.165) is 11.6 Å². The summed E-state index contributed by atoms with van der Waals surface area (Å²) < 4.78 is 7.41. The third kappa shape index (κ3) is 2.78. The number of rotatable bonds is 5. The lowest BCUT2D eigenvalue weighted by Gasteiger charge is -2.09. The largest absolute Gasteiger partial charge is 0.424 e. The average molecular weight is 280 g/mol. The average Bonchev–Trinajstić information content (AvgIpc) is 3.16. The third-order valence-electron chi connectivity index (χ3n) is 3.27. The molecule has 7 nitrogen and oxygen atoms in total. The van der Waals surface area contributed by atoms with Crippen LogP contribution in [0.5, 0.6) is 0 Å². The van der Waals surface area contributed by atoms with Gasteiger partial charge in [-0.2, -0.15) is 0 Å². The van der Waals surface area contributed by atoms with E-state index in [-0.39, 0.29) is 0 Å². The summed E-state index contributed by atoms with van der Waals surface area (Å²) in [7, 11) is 0. The smallest absolute Gasteiger partial charge is 0.226 e. The van der Waals surface area contributed by atoms with Crippen molar-refractivity contribution < 1.29 is 4.42 Å². The second-order valence-corrected chi connectivity index (χ2v) is 5.52. The van der Waals surface area contributed by atoms with Gasteiger partial charge in [-0.3, -0.25) is 0 Å². The fraction of sp³-hybridized carbons (Fsp3) is 0.727. The van der Waals surface area contributed by atoms with Gasteiger partial charge >= 0.3 is 0 Å². The monoisotopic (exact) mass is 280 g/mol. The molecule has 1 fully saturated rings. The molecule has 0 unspecified atom stereocenters. The maximum absolute atomic E-state index is 5.48. The molecule has 0 aliphatic heterocycles. The van der Waals surface area contributed by atoms with Crippen molar-refractivity contribution in [2.75, 3.05) is 0 Å². The van der Waals surface area contributed by atoms with Crippen molar-refractivity contribution in [3.8, 4) is 0 Å². The number of aromatic nitrogens is 6. The van der Waals surface area contributed by atoms with Crippen molar-refractivity contribution in [2.24, 2.45) is 0 Å². The number of thioether (sulfide) groups is 1. The van der Waals surface area contributed by atoms with Crippen molar-refractivity contribution >= 4 is 11.8 Å². The number of hydrogen-bond acceptors (Lipinski definition) is 7. The summed E-state index contributed by atoms with van der Waals surface area (Å²) in [5.74, 6) is 1.91. The molecule has 19 heavy (non-hydrogen) atoms. The number of nitrogens with zero attached hydrogens (tertiary/aromatic N) is 6. The van der Waals surface area contributed by atoms with E-state index in [9.17, 15) is 0 Å². The van der Waals surface area contributed by atoms with Crippen LogP contribution < -0.4 is 0 Å². The standard InChI is InChI=1S/C11H16N6OS/c1-2-9-12-13-10(18-9)7-19-11-14-15-16-17(11)8-5-3-4-6-8/h8H,2-7H2,1H3. The van der Waals surface area contributed by atoms with Crippen LogP contribution in [0, 0.1) is 0 Å². The molecule has 0 N–H and O–H groups in total. The molecule has 0 atom stereocenters. The van der Waals surface area contributed by atoms with Crippen LogP contribution in [0.15, 0.2) is 9.57 Å². The lowest BCUT2D eigenvalue weighted by molar-refractivity contribution is 0.422. The minimum Gasteiger partial charge on any atom is -0.424 e. The zero-order valence-electron chi connectivity index (χ0n) is 10.8. The summed E-state index contributed by atoms with van der Waals surface area (Å²) in [4.78, 5) is 0. The zero-order valence-corrected chi connectivity index (χ0v) is 11.6. The Kier molecular flexibility index (Phi) is 3.77. The fourth-order valence-corrected chi connectivity index (χ4v) is 3.06. The van der Waals surface area contributed by atoms with Gasteiger partial charge in [0.2, 0.25) is 16.9 Å². The van der Waals surface area contributed by atoms with Gasteiger partial charge in [0, 0.05) is 6.42 Å². The van der Waals surface area contributed by atoms with Crippen molar-refractivity contribution in [1.82, 2.24) is 30.4 Å². The van der Waals surface area contributed by atoms with E-state index in [0.29, 0.717) is 23.6 Å². The van der Waals surface area contributed by atoms with E-state index in [1.54, 1.807) is 11.8 Å². The number of hydrogen-bond donors (Lipinski definition) is 0. The van der Waals surface area contributed by atoms with Crippen LogP contribution in [-0.4, -0.2) is 30.4 Å². The van der Waals surface area contributed by atoms with Crippen molar-refractivity contribution in [2.45, 2.75) is 56.0 Å². The number of tetrazole rings is 1. The summed E-state index contributed by atoms with van der Waals surface area (Å²) in [6, 6.07) is 0.450. The SMILES string of the molecule is CCc1nnc(CSc2nnnn2C2CCCC2)o1. The topological polar surface area (TPSA) is 82.5 Å². The molecule has 2 aromatic rings. The molecule has 0 bridgehead atoms. The first-order valence-corrected chi connectivity index (χ1v) is 7.57. The molecule has 2 aromatic heterocycles. The Bertz CT molecular complexity index is 533. The van der Waals surface area contributed by atoms with E-state index in [1.165, 1.54) is 25.7 Å². The first-order chi connectivity index (χ1) is 9.36. The van der Waals surface area contributed by atoms with Gasteiger partial charge < -0.3 is 4.42 Å². The summed E-state index contributed by atoms with van der Waals surface area (Å²) in [5.41, 5.74) is 0. The van der Waals surface area contributed by atoms with Gasteiger partial charge in [0.25, 0.3) is 0 Å². The lowest BCUT2D eigenvalue weighted by atomic mass is 10.3. The highest BCUT2D eigenvalue weighted by atomic mass is 32.2. The van der Waals surface area contributed by atoms with Crippen LogP contribution in [0.25, 0.3) is 0 Å². The third-order valence-corrected chi connectivity index (χ3v) is 4.19. The normalized spacial score (nSPS) is 16.3. The highest BCUT2D eigenvalue weighted by molar-refractivity contribution is 7.98. The molecule has 1 aliphatic carbocycles. The summed E-state index contributed by atoms with van der Waals surface area (Å²) >= 11 is 1.55. The van der Waals surface area contributed by atoms with Crippen LogP contribution in [0.2, 0.25) is 0 Å². The molecule has 1 saturated carbocycles. The van der Waals surface area contributed by atoms with Crippen molar-refractivity contribution in [3.63, 3.8) is 0 Å². The molecule has 3 rings (SSSR count). The Morgan fingerprint density at radius 1 is 1.21 bits per heavy atom. The van der Waals surface area contributed by atoms with Crippen LogP contribution in [0.4, 0.5) is 0 Å². The predicted octanol–water partition coefficient (Wildman–Crippen LogP) is 2.03. The van der Waals surface area contributed by atoms with E-state index in [2.05, 4.69) is 25.7 Å². The second kappa shape index (κ2) is 5.68. The van der Waals surface area contributed by atoms with Crippen LogP contribution in [0.1, 0.15) is 50.4 Å². The fourth-order valence-electron chi connectivity index (χ4n) is 2.27. The highest BCUT2D eigenvalue weighted by Gasteiger charge is 2.22. The second-order valence-electron chi connectivity index (χ2n) is 4.58. The Morgan fingerprint density at radius 2 is 2.00 bits per heavy atom. The highest BCUT2D eigenvalue weighted by Crippen LogP contribution is 2.32. The van der Waals surface area contributed by atoms with Gasteiger partial charge in [-0.15, -0.1) is 15.3 Å². The van der Waals surface area contributed by atoms with E-state index in [4.69, 9.17) is 4.42 Å². The zero-order chi connectivity index (χ0) is 13.1. The van der Waals surface area contributed by atoms with E-state index >= 15 is 0 Å². The van der Waals surface area contributed by atoms with E-state index < -0.39 is 0 Å². The summed E-state index contributed by atoms with van der Waals surface area (Å²) in [6.45, 7) is 1.99. The maximum Gasteiger partial charge on any atom is 0.226 e. The quantitative estimate of drug-likeness (QED) is 0.775. The van der Waals surface area contributed by atoms with Crippen molar-refractivity contribution in [3.05, 3.63) is 11.8 Å². The van der Waals surface area contributed by atoms with Gasteiger partial charge in [0.1, 0.15) is 0 Å². The Labute approximate surface area is 115 Å². The van der Waals surface area contributed by atoms with Gasteiger partial charge in [0.05, 0.1) is 11.8 Å². The van der Waals surface area contributed by atoms with E-state index in [1.807, 2.05) is 11.6 Å². The molecular formula is C11H16N6OS. The molecule has 0 radical (unpaired) electrons. The Balaban J connectivity index is 1.65. The lowest BCUT2D eigenvalue weighted by Crippen LogP contribution is -2.08. The van der Waals surface area contributed by atoms with Gasteiger partial charge in [-0.05, 0) is 23.3 Å². The minimum atomic E-state index is 0.450. The van der Waals surface area contributed by atoms with Gasteiger partial charge in [-0.25, -0.2) is 4.68 Å².